The van der Waals surface area contributed by atoms with E-state index in [4.69, 9.17) is 0 Å². The van der Waals surface area contributed by atoms with Gasteiger partial charge in [0.2, 0.25) is 0 Å². The number of benzene rings is 2. The maximum Gasteiger partial charge on any atom is 0.337 e. The Balaban J connectivity index is 1.81. The Hall–Kier alpha value is -3.15. The molecule has 6 nitrogen and oxygen atoms in total. The number of rotatable bonds is 4. The maximum atomic E-state index is 12.8. The van der Waals surface area contributed by atoms with Gasteiger partial charge in [-0.1, -0.05) is 42.5 Å². The zero-order valence-electron chi connectivity index (χ0n) is 14.0. The van der Waals surface area contributed by atoms with Crippen LogP contribution in [0, 0.1) is 0 Å². The molecule has 25 heavy (non-hydrogen) atoms. The van der Waals surface area contributed by atoms with Gasteiger partial charge in [-0.25, -0.2) is 9.59 Å². The highest BCUT2D eigenvalue weighted by molar-refractivity contribution is 6.07. The summed E-state index contributed by atoms with van der Waals surface area (Å²) in [6.07, 6.45) is 0. The molecular formula is C19H18N2O4. The Bertz CT molecular complexity index is 817. The monoisotopic (exact) mass is 338 g/mol. The molecule has 1 fully saturated rings. The molecule has 6 heteroatoms. The number of carbonyl (C=O) groups excluding carboxylic acids is 3. The van der Waals surface area contributed by atoms with Crippen LogP contribution in [0.2, 0.25) is 0 Å². The summed E-state index contributed by atoms with van der Waals surface area (Å²) in [4.78, 5) is 37.8. The Morgan fingerprint density at radius 3 is 2.32 bits per heavy atom. The highest BCUT2D eigenvalue weighted by Crippen LogP contribution is 2.29. The number of nitrogens with one attached hydrogen (secondary N) is 1. The number of carbonyl (C=O) groups is 3. The summed E-state index contributed by atoms with van der Waals surface area (Å²) in [6, 6.07) is 15.3. The number of urea groups is 1. The van der Waals surface area contributed by atoms with Gasteiger partial charge in [-0.05, 0) is 30.2 Å². The summed E-state index contributed by atoms with van der Waals surface area (Å²) in [5.41, 5.74) is 0.813. The fourth-order valence-corrected chi connectivity index (χ4v) is 2.85. The molecule has 2 aromatic rings. The Morgan fingerprint density at radius 1 is 1.08 bits per heavy atom. The van der Waals surface area contributed by atoms with E-state index in [1.54, 1.807) is 31.2 Å². The van der Waals surface area contributed by atoms with Gasteiger partial charge < -0.3 is 10.1 Å². The van der Waals surface area contributed by atoms with Gasteiger partial charge in [0.15, 0.2) is 0 Å². The minimum Gasteiger partial charge on any atom is -0.465 e. The SMILES string of the molecule is COC(=O)c1ccc(CN2C(=O)N[C@](C)(c3ccccc3)C2=O)cc1. The quantitative estimate of drug-likeness (QED) is 0.686. The van der Waals surface area contributed by atoms with Gasteiger partial charge in [0, 0.05) is 0 Å². The predicted octanol–water partition coefficient (Wildman–Crippen LogP) is 2.44. The topological polar surface area (TPSA) is 75.7 Å². The summed E-state index contributed by atoms with van der Waals surface area (Å²) < 4.78 is 4.65. The third-order valence-corrected chi connectivity index (χ3v) is 4.34. The lowest BCUT2D eigenvalue weighted by Gasteiger charge is -2.22. The third-order valence-electron chi connectivity index (χ3n) is 4.34. The van der Waals surface area contributed by atoms with Gasteiger partial charge in [-0.15, -0.1) is 0 Å². The molecule has 1 heterocycles. The highest BCUT2D eigenvalue weighted by Gasteiger charge is 2.48. The van der Waals surface area contributed by atoms with Crippen LogP contribution in [0.5, 0.6) is 0 Å². The smallest absolute Gasteiger partial charge is 0.337 e. The Morgan fingerprint density at radius 2 is 1.72 bits per heavy atom. The van der Waals surface area contributed by atoms with E-state index in [0.29, 0.717) is 5.56 Å². The number of hydrogen-bond donors (Lipinski definition) is 1. The van der Waals surface area contributed by atoms with Gasteiger partial charge in [-0.2, -0.15) is 0 Å². The van der Waals surface area contributed by atoms with Crippen molar-refractivity contribution in [3.8, 4) is 0 Å². The van der Waals surface area contributed by atoms with E-state index in [1.807, 2.05) is 30.3 Å². The van der Waals surface area contributed by atoms with Crippen molar-refractivity contribution in [3.05, 3.63) is 71.3 Å². The first-order valence-electron chi connectivity index (χ1n) is 7.82. The van der Waals surface area contributed by atoms with Crippen LogP contribution in [-0.4, -0.2) is 29.9 Å². The summed E-state index contributed by atoms with van der Waals surface area (Å²) in [5, 5.41) is 2.77. The average Bonchev–Trinajstić information content (AvgIpc) is 2.86. The van der Waals surface area contributed by atoms with E-state index in [0.717, 1.165) is 11.1 Å². The third kappa shape index (κ3) is 2.98. The molecule has 1 N–H and O–H groups in total. The largest absolute Gasteiger partial charge is 0.465 e. The standard InChI is InChI=1S/C19H18N2O4/c1-19(15-6-4-3-5-7-15)17(23)21(18(24)20-19)12-13-8-10-14(11-9-13)16(22)25-2/h3-11H,12H2,1-2H3,(H,20,24)/t19-/m1/s1. The second-order valence-corrected chi connectivity index (χ2v) is 6.00. The van der Waals surface area contributed by atoms with E-state index in [9.17, 15) is 14.4 Å². The number of ether oxygens (including phenoxy) is 1. The second kappa shape index (κ2) is 6.39. The van der Waals surface area contributed by atoms with Crippen LogP contribution in [0.3, 0.4) is 0 Å². The van der Waals surface area contributed by atoms with E-state index >= 15 is 0 Å². The second-order valence-electron chi connectivity index (χ2n) is 6.00. The molecule has 0 saturated carbocycles. The Labute approximate surface area is 145 Å². The number of esters is 1. The van der Waals surface area contributed by atoms with Crippen LogP contribution >= 0.6 is 0 Å². The molecule has 1 aliphatic rings. The van der Waals surface area contributed by atoms with E-state index in [2.05, 4.69) is 10.1 Å². The zero-order chi connectivity index (χ0) is 18.0. The number of amides is 3. The van der Waals surface area contributed by atoms with Crippen LogP contribution in [0.25, 0.3) is 0 Å². The lowest BCUT2D eigenvalue weighted by Crippen LogP contribution is -2.40. The predicted molar refractivity (Wildman–Crippen MR) is 90.7 cm³/mol. The zero-order valence-corrected chi connectivity index (χ0v) is 14.0. The fraction of sp³-hybridized carbons (Fsp3) is 0.211. The molecule has 0 spiro atoms. The average molecular weight is 338 g/mol. The van der Waals surface area contributed by atoms with Gasteiger partial charge in [-0.3, -0.25) is 9.69 Å². The minimum atomic E-state index is -1.08. The highest BCUT2D eigenvalue weighted by atomic mass is 16.5. The van der Waals surface area contributed by atoms with Gasteiger partial charge >= 0.3 is 12.0 Å². The first-order valence-corrected chi connectivity index (χ1v) is 7.82. The van der Waals surface area contributed by atoms with Crippen molar-refractivity contribution in [2.24, 2.45) is 0 Å². The van der Waals surface area contributed by atoms with Crippen LogP contribution in [0.15, 0.2) is 54.6 Å². The van der Waals surface area contributed by atoms with Gasteiger partial charge in [0.05, 0.1) is 19.2 Å². The fourth-order valence-electron chi connectivity index (χ4n) is 2.85. The maximum absolute atomic E-state index is 12.8. The molecule has 0 aromatic heterocycles. The normalized spacial score (nSPS) is 19.7. The van der Waals surface area contributed by atoms with Crippen molar-refractivity contribution in [2.45, 2.75) is 19.0 Å². The Kier molecular flexibility index (Phi) is 4.27. The molecule has 0 bridgehead atoms. The number of hydrogen-bond acceptors (Lipinski definition) is 4. The molecule has 1 aliphatic heterocycles. The summed E-state index contributed by atoms with van der Waals surface area (Å²) >= 11 is 0. The number of imide groups is 1. The number of nitrogens with zero attached hydrogens (tertiary/aromatic N) is 1. The van der Waals surface area contributed by atoms with Crippen molar-refractivity contribution >= 4 is 17.9 Å². The van der Waals surface area contributed by atoms with Crippen LogP contribution in [-0.2, 0) is 21.6 Å². The molecule has 2 aromatic carbocycles. The van der Waals surface area contributed by atoms with E-state index in [-0.39, 0.29) is 12.5 Å². The van der Waals surface area contributed by atoms with E-state index in [1.165, 1.54) is 12.0 Å². The lowest BCUT2D eigenvalue weighted by atomic mass is 9.92. The molecule has 128 valence electrons. The van der Waals surface area contributed by atoms with Gasteiger partial charge in [0.1, 0.15) is 5.54 Å². The van der Waals surface area contributed by atoms with E-state index < -0.39 is 17.5 Å². The summed E-state index contributed by atoms with van der Waals surface area (Å²) in [5.74, 6) is -0.737. The molecule has 0 unspecified atom stereocenters. The van der Waals surface area contributed by atoms with Crippen molar-refractivity contribution < 1.29 is 19.1 Å². The van der Waals surface area contributed by atoms with Gasteiger partial charge in [0.25, 0.3) is 5.91 Å². The summed E-state index contributed by atoms with van der Waals surface area (Å²) in [7, 11) is 1.31. The molecule has 0 radical (unpaired) electrons. The van der Waals surface area contributed by atoms with Crippen LogP contribution in [0.1, 0.15) is 28.4 Å². The molecule has 0 aliphatic carbocycles. The number of methoxy groups -OCH3 is 1. The molecule has 1 atom stereocenters. The molecule has 1 saturated heterocycles. The first-order chi connectivity index (χ1) is 12.0. The van der Waals surface area contributed by atoms with Crippen molar-refractivity contribution in [1.29, 1.82) is 0 Å². The van der Waals surface area contributed by atoms with Crippen LogP contribution in [0.4, 0.5) is 4.79 Å². The van der Waals surface area contributed by atoms with Crippen molar-refractivity contribution in [2.75, 3.05) is 7.11 Å². The molecular weight excluding hydrogens is 320 g/mol. The summed E-state index contributed by atoms with van der Waals surface area (Å²) in [6.45, 7) is 1.83. The lowest BCUT2D eigenvalue weighted by molar-refractivity contribution is -0.131. The molecule has 3 amide bonds. The minimum absolute atomic E-state index is 0.133. The van der Waals surface area contributed by atoms with Crippen LogP contribution < -0.4 is 5.32 Å². The van der Waals surface area contributed by atoms with Crippen molar-refractivity contribution in [3.63, 3.8) is 0 Å². The molecule has 3 rings (SSSR count). The first kappa shape index (κ1) is 16.7. The van der Waals surface area contributed by atoms with Crippen molar-refractivity contribution in [1.82, 2.24) is 10.2 Å².